The van der Waals surface area contributed by atoms with E-state index < -0.39 is 11.6 Å². The predicted octanol–water partition coefficient (Wildman–Crippen LogP) is 1.47. The molecular formula is C25H35N5O6+2. The van der Waals surface area contributed by atoms with Crippen LogP contribution in [0.25, 0.3) is 0 Å². The van der Waals surface area contributed by atoms with Crippen LogP contribution in [0.2, 0.25) is 0 Å². The molecule has 1 aliphatic carbocycles. The molecule has 0 unspecified atom stereocenters. The number of nitrogens with zero attached hydrogens (tertiary/aromatic N) is 4. The van der Waals surface area contributed by atoms with Crippen LogP contribution in [0, 0.1) is 0 Å². The van der Waals surface area contributed by atoms with Gasteiger partial charge in [-0.1, -0.05) is 0 Å². The maximum atomic E-state index is 13.9. The van der Waals surface area contributed by atoms with Crippen molar-refractivity contribution in [3.63, 3.8) is 0 Å². The van der Waals surface area contributed by atoms with Crippen molar-refractivity contribution >= 4 is 28.6 Å². The number of rotatable bonds is 7. The summed E-state index contributed by atoms with van der Waals surface area (Å²) < 4.78 is -0.545. The van der Waals surface area contributed by atoms with Gasteiger partial charge < -0.3 is 25.3 Å². The number of phenols is 2. The van der Waals surface area contributed by atoms with Crippen LogP contribution >= 0.6 is 0 Å². The van der Waals surface area contributed by atoms with Crippen LogP contribution in [0.4, 0.5) is 17.1 Å². The summed E-state index contributed by atoms with van der Waals surface area (Å²) in [5.74, 6) is -1.87. The number of likely N-dealkylation sites (N-methyl/N-ethyl adjacent to an activating group) is 3. The number of nitrogens with one attached hydrogen (secondary N) is 1. The van der Waals surface area contributed by atoms with E-state index in [4.69, 9.17) is 0 Å². The van der Waals surface area contributed by atoms with E-state index in [9.17, 15) is 30.2 Å². The molecule has 5 N–H and O–H groups in total. The van der Waals surface area contributed by atoms with Crippen LogP contribution in [0.5, 0.6) is 11.5 Å². The summed E-state index contributed by atoms with van der Waals surface area (Å²) in [6.07, 6.45) is 0. The third kappa shape index (κ3) is 4.70. The fourth-order valence-corrected chi connectivity index (χ4v) is 4.71. The number of phenolic OH excluding ortho intramolecular Hbond substituents is 2. The first-order valence-corrected chi connectivity index (χ1v) is 11.9. The van der Waals surface area contributed by atoms with Crippen LogP contribution < -0.4 is 15.1 Å². The smallest absolute Gasteiger partial charge is 0.200 e. The SMILES string of the molecule is CN1CCN(CC[N+](C)(C)O)c2c1cc(NCC[N+](C)(C)O)c1c2C(=O)c2c(O)ccc(O)c2C1=O. The van der Waals surface area contributed by atoms with E-state index in [1.165, 1.54) is 12.1 Å². The summed E-state index contributed by atoms with van der Waals surface area (Å²) in [5, 5.41) is 44.6. The van der Waals surface area contributed by atoms with Crippen LogP contribution in [-0.2, 0) is 0 Å². The minimum atomic E-state index is -0.567. The fourth-order valence-electron chi connectivity index (χ4n) is 4.71. The van der Waals surface area contributed by atoms with Gasteiger partial charge in [0.25, 0.3) is 0 Å². The van der Waals surface area contributed by atoms with Crippen molar-refractivity contribution in [3.8, 4) is 11.5 Å². The van der Waals surface area contributed by atoms with Crippen LogP contribution in [-0.4, -0.2) is 116 Å². The standard InChI is InChI=1S/C25H33N5O6/c1-27-9-10-28(11-13-30(4,5)36)23-16(27)14-15(26-8-12-29(2,3)35)19-22(23)25(34)21-18(32)7-6-17(31)20(21)24(19)33/h6-7,14,35-36H,8-13H2,1-5H3,(H-2,26,31,32,33,34)/p+2. The molecule has 0 amide bonds. The first kappa shape index (κ1) is 25.7. The number of hydrogen-bond donors (Lipinski definition) is 5. The van der Waals surface area contributed by atoms with Crippen molar-refractivity contribution in [2.45, 2.75) is 0 Å². The van der Waals surface area contributed by atoms with Crippen molar-refractivity contribution in [2.24, 2.45) is 0 Å². The Bertz CT molecular complexity index is 1230. The lowest BCUT2D eigenvalue weighted by atomic mass is 9.80. The summed E-state index contributed by atoms with van der Waals surface area (Å²) in [5.41, 5.74) is 1.53. The number of aromatic hydroxyl groups is 2. The summed E-state index contributed by atoms with van der Waals surface area (Å²) in [6.45, 7) is 2.70. The Morgan fingerprint density at radius 1 is 0.861 bits per heavy atom. The van der Waals surface area contributed by atoms with Gasteiger partial charge in [0.1, 0.15) is 24.6 Å². The largest absolute Gasteiger partial charge is 0.507 e. The number of carbonyl (C=O) groups excluding carboxylic acids is 2. The lowest BCUT2D eigenvalue weighted by molar-refractivity contribution is -1.07. The Hall–Kier alpha value is -3.38. The molecule has 0 atom stereocenters. The van der Waals surface area contributed by atoms with E-state index in [1.54, 1.807) is 28.2 Å². The van der Waals surface area contributed by atoms with E-state index in [0.717, 1.165) is 5.69 Å². The van der Waals surface area contributed by atoms with Gasteiger partial charge in [0, 0.05) is 25.8 Å². The Morgan fingerprint density at radius 2 is 1.42 bits per heavy atom. The van der Waals surface area contributed by atoms with Gasteiger partial charge in [0.15, 0.2) is 0 Å². The Morgan fingerprint density at radius 3 is 1.97 bits per heavy atom. The molecule has 0 radical (unpaired) electrons. The van der Waals surface area contributed by atoms with Crippen molar-refractivity contribution in [1.29, 1.82) is 0 Å². The second-order valence-electron chi connectivity index (χ2n) is 10.6. The quantitative estimate of drug-likeness (QED) is 0.185. The van der Waals surface area contributed by atoms with Gasteiger partial charge in [-0.05, 0) is 18.2 Å². The van der Waals surface area contributed by atoms with E-state index in [0.29, 0.717) is 50.6 Å². The van der Waals surface area contributed by atoms with E-state index in [-0.39, 0.29) is 43.0 Å². The van der Waals surface area contributed by atoms with Crippen molar-refractivity contribution < 1.29 is 39.5 Å². The van der Waals surface area contributed by atoms with E-state index in [2.05, 4.69) is 5.32 Å². The lowest BCUT2D eigenvalue weighted by Gasteiger charge is -2.40. The maximum absolute atomic E-state index is 13.9. The first-order chi connectivity index (χ1) is 16.7. The zero-order valence-corrected chi connectivity index (χ0v) is 21.4. The van der Waals surface area contributed by atoms with Gasteiger partial charge in [-0.15, -0.1) is 0 Å². The van der Waals surface area contributed by atoms with Crippen molar-refractivity contribution in [3.05, 3.63) is 40.5 Å². The number of hydrogen-bond acceptors (Lipinski definition) is 9. The highest BCUT2D eigenvalue weighted by Gasteiger charge is 2.41. The summed E-state index contributed by atoms with van der Waals surface area (Å²) in [4.78, 5) is 31.7. The number of quaternary nitrogens is 2. The number of hydroxylamine groups is 6. The molecule has 2 aromatic carbocycles. The summed E-state index contributed by atoms with van der Waals surface area (Å²) >= 11 is 0. The third-order valence-electron chi connectivity index (χ3n) is 6.67. The molecule has 36 heavy (non-hydrogen) atoms. The molecule has 1 aliphatic heterocycles. The summed E-state index contributed by atoms with van der Waals surface area (Å²) in [7, 11) is 8.47. The molecule has 0 spiro atoms. The average Bonchev–Trinajstić information content (AvgIpc) is 2.76. The van der Waals surface area contributed by atoms with Crippen LogP contribution in [0.1, 0.15) is 31.8 Å². The van der Waals surface area contributed by atoms with E-state index >= 15 is 0 Å². The molecule has 2 aliphatic rings. The monoisotopic (exact) mass is 501 g/mol. The molecule has 2 aromatic rings. The molecule has 1 heterocycles. The molecule has 194 valence electrons. The van der Waals surface area contributed by atoms with Crippen molar-refractivity contribution in [1.82, 2.24) is 0 Å². The first-order valence-electron chi connectivity index (χ1n) is 11.9. The number of fused-ring (bicyclic) bond motifs is 4. The molecule has 4 rings (SSSR count). The highest BCUT2D eigenvalue weighted by molar-refractivity contribution is 6.34. The Kier molecular flexibility index (Phi) is 6.38. The second-order valence-corrected chi connectivity index (χ2v) is 10.6. The average molecular weight is 502 g/mol. The number of ketones is 2. The minimum absolute atomic E-state index is 0.119. The zero-order chi connectivity index (χ0) is 26.6. The third-order valence-corrected chi connectivity index (χ3v) is 6.67. The molecule has 0 saturated carbocycles. The van der Waals surface area contributed by atoms with E-state index in [1.807, 2.05) is 22.9 Å². The predicted molar refractivity (Wildman–Crippen MR) is 135 cm³/mol. The molecule has 0 bridgehead atoms. The fraction of sp³-hybridized carbons (Fsp3) is 0.440. The van der Waals surface area contributed by atoms with Gasteiger partial charge in [-0.25, -0.2) is 10.4 Å². The minimum Gasteiger partial charge on any atom is -0.507 e. The van der Waals surface area contributed by atoms with Gasteiger partial charge in [0.2, 0.25) is 11.6 Å². The van der Waals surface area contributed by atoms with Gasteiger partial charge >= 0.3 is 0 Å². The van der Waals surface area contributed by atoms with Crippen molar-refractivity contribution in [2.75, 3.05) is 89.6 Å². The molecule has 11 heteroatoms. The second kappa shape index (κ2) is 8.93. The Labute approximate surface area is 210 Å². The summed E-state index contributed by atoms with van der Waals surface area (Å²) in [6, 6.07) is 4.21. The molecule has 0 aromatic heterocycles. The van der Waals surface area contributed by atoms with Crippen LogP contribution in [0.3, 0.4) is 0 Å². The Balaban J connectivity index is 1.94. The maximum Gasteiger partial charge on any atom is 0.200 e. The number of carbonyl (C=O) groups is 2. The molecule has 0 saturated heterocycles. The molecule has 0 fully saturated rings. The lowest BCUT2D eigenvalue weighted by Crippen LogP contribution is -2.47. The highest BCUT2D eigenvalue weighted by atomic mass is 16.5. The van der Waals surface area contributed by atoms with Gasteiger partial charge in [0.05, 0.1) is 74.9 Å². The van der Waals surface area contributed by atoms with Gasteiger partial charge in [-0.3, -0.25) is 9.59 Å². The zero-order valence-electron chi connectivity index (χ0n) is 21.4. The topological polar surface area (TPSA) is 134 Å². The van der Waals surface area contributed by atoms with Gasteiger partial charge in [-0.2, -0.15) is 9.29 Å². The molecular weight excluding hydrogens is 466 g/mol. The number of benzene rings is 2. The molecule has 11 nitrogen and oxygen atoms in total. The number of anilines is 3. The van der Waals surface area contributed by atoms with Crippen LogP contribution in [0.15, 0.2) is 18.2 Å². The normalized spacial score (nSPS) is 15.5. The highest BCUT2D eigenvalue weighted by Crippen LogP contribution is 2.48.